The minimum absolute atomic E-state index is 0.268. The van der Waals surface area contributed by atoms with Gasteiger partial charge in [-0.2, -0.15) is 5.10 Å². The Labute approximate surface area is 134 Å². The maximum absolute atomic E-state index is 12.0. The van der Waals surface area contributed by atoms with E-state index in [9.17, 15) is 4.79 Å². The molecule has 1 aromatic heterocycles. The Morgan fingerprint density at radius 2 is 1.91 bits per heavy atom. The summed E-state index contributed by atoms with van der Waals surface area (Å²) in [6, 6.07) is 7.84. The highest BCUT2D eigenvalue weighted by Gasteiger charge is 2.15. The van der Waals surface area contributed by atoms with Gasteiger partial charge in [-0.1, -0.05) is 11.6 Å². The molecule has 0 unspecified atom stereocenters. The zero-order chi connectivity index (χ0) is 15.5. The Kier molecular flexibility index (Phi) is 4.31. The van der Waals surface area contributed by atoms with Crippen molar-refractivity contribution < 1.29 is 4.79 Å². The van der Waals surface area contributed by atoms with Gasteiger partial charge in [-0.05, 0) is 31.3 Å². The first-order valence-corrected chi connectivity index (χ1v) is 7.55. The zero-order valence-corrected chi connectivity index (χ0v) is 13.1. The second kappa shape index (κ2) is 6.37. The van der Waals surface area contributed by atoms with E-state index in [1.165, 1.54) is 11.9 Å². The van der Waals surface area contributed by atoms with Crippen LogP contribution in [0.3, 0.4) is 0 Å². The molecule has 7 heteroatoms. The molecule has 2 N–H and O–H groups in total. The quantitative estimate of drug-likeness (QED) is 0.909. The molecule has 1 fully saturated rings. The summed E-state index contributed by atoms with van der Waals surface area (Å²) in [7, 11) is 2.14. The van der Waals surface area contributed by atoms with Gasteiger partial charge in [0.1, 0.15) is 5.69 Å². The molecule has 1 aliphatic rings. The number of amides is 1. The molecule has 1 aliphatic heterocycles. The van der Waals surface area contributed by atoms with Crippen LogP contribution >= 0.6 is 11.6 Å². The van der Waals surface area contributed by atoms with Crippen molar-refractivity contribution in [1.29, 1.82) is 0 Å². The predicted molar refractivity (Wildman–Crippen MR) is 87.7 cm³/mol. The maximum atomic E-state index is 12.0. The number of hydrogen-bond donors (Lipinski definition) is 2. The Bertz CT molecular complexity index is 646. The summed E-state index contributed by atoms with van der Waals surface area (Å²) in [6.07, 6.45) is 1.41. The Balaban J connectivity index is 1.64. The SMILES string of the molecule is CN1CCN(c2ccc(NC(=O)c3[nH]ncc3Cl)cc2)CC1. The van der Waals surface area contributed by atoms with Crippen molar-refractivity contribution in [2.75, 3.05) is 43.4 Å². The number of hydrogen-bond acceptors (Lipinski definition) is 4. The maximum Gasteiger partial charge on any atom is 0.275 e. The number of carbonyl (C=O) groups excluding carboxylic acids is 1. The highest BCUT2D eigenvalue weighted by Crippen LogP contribution is 2.20. The van der Waals surface area contributed by atoms with Gasteiger partial charge in [0, 0.05) is 37.6 Å². The number of piperazine rings is 1. The fourth-order valence-electron chi connectivity index (χ4n) is 2.44. The Morgan fingerprint density at radius 1 is 1.23 bits per heavy atom. The average Bonchev–Trinajstić information content (AvgIpc) is 2.95. The number of rotatable bonds is 3. The Morgan fingerprint density at radius 3 is 2.50 bits per heavy atom. The van der Waals surface area contributed by atoms with E-state index in [4.69, 9.17) is 11.6 Å². The number of benzene rings is 1. The van der Waals surface area contributed by atoms with Crippen LogP contribution in [0.1, 0.15) is 10.5 Å². The van der Waals surface area contributed by atoms with E-state index in [1.54, 1.807) is 0 Å². The number of nitrogens with zero attached hydrogens (tertiary/aromatic N) is 3. The number of aromatic nitrogens is 2. The summed E-state index contributed by atoms with van der Waals surface area (Å²) in [4.78, 5) is 16.7. The van der Waals surface area contributed by atoms with Gasteiger partial charge in [-0.3, -0.25) is 9.89 Å². The molecule has 2 heterocycles. The lowest BCUT2D eigenvalue weighted by Gasteiger charge is -2.34. The number of anilines is 2. The molecule has 0 atom stereocenters. The van der Waals surface area contributed by atoms with E-state index in [-0.39, 0.29) is 11.6 Å². The molecular formula is C15H18ClN5O. The minimum atomic E-state index is -0.296. The summed E-state index contributed by atoms with van der Waals surface area (Å²) < 4.78 is 0. The van der Waals surface area contributed by atoms with Crippen LogP contribution in [-0.2, 0) is 0 Å². The molecule has 0 bridgehead atoms. The van der Waals surface area contributed by atoms with Crippen LogP contribution in [0.2, 0.25) is 5.02 Å². The van der Waals surface area contributed by atoms with Crippen molar-refractivity contribution in [1.82, 2.24) is 15.1 Å². The third-order valence-corrected chi connectivity index (χ3v) is 4.10. The van der Waals surface area contributed by atoms with Crippen molar-refractivity contribution in [2.24, 2.45) is 0 Å². The van der Waals surface area contributed by atoms with Crippen LogP contribution in [0, 0.1) is 0 Å². The average molecular weight is 320 g/mol. The van der Waals surface area contributed by atoms with Crippen LogP contribution in [-0.4, -0.2) is 54.2 Å². The molecule has 22 heavy (non-hydrogen) atoms. The van der Waals surface area contributed by atoms with Gasteiger partial charge in [0.2, 0.25) is 0 Å². The normalized spacial score (nSPS) is 15.8. The van der Waals surface area contributed by atoms with E-state index in [0.29, 0.717) is 5.02 Å². The summed E-state index contributed by atoms with van der Waals surface area (Å²) in [5.41, 5.74) is 2.17. The lowest BCUT2D eigenvalue weighted by atomic mass is 10.2. The summed E-state index contributed by atoms with van der Waals surface area (Å²) in [5, 5.41) is 9.44. The van der Waals surface area contributed by atoms with Crippen LogP contribution in [0.5, 0.6) is 0 Å². The largest absolute Gasteiger partial charge is 0.369 e. The van der Waals surface area contributed by atoms with Crippen LogP contribution in [0.4, 0.5) is 11.4 Å². The number of carbonyl (C=O) groups is 1. The van der Waals surface area contributed by atoms with Crippen molar-refractivity contribution in [2.45, 2.75) is 0 Å². The molecular weight excluding hydrogens is 302 g/mol. The van der Waals surface area contributed by atoms with Crippen molar-refractivity contribution in [3.63, 3.8) is 0 Å². The molecule has 116 valence electrons. The van der Waals surface area contributed by atoms with Gasteiger partial charge in [-0.15, -0.1) is 0 Å². The summed E-state index contributed by atoms with van der Waals surface area (Å²) >= 11 is 5.87. The van der Waals surface area contributed by atoms with Gasteiger partial charge >= 0.3 is 0 Å². The fourth-order valence-corrected chi connectivity index (χ4v) is 2.62. The van der Waals surface area contributed by atoms with E-state index < -0.39 is 0 Å². The molecule has 6 nitrogen and oxygen atoms in total. The Hall–Kier alpha value is -2.05. The molecule has 2 aromatic rings. The second-order valence-electron chi connectivity index (χ2n) is 5.38. The van der Waals surface area contributed by atoms with Crippen LogP contribution in [0.15, 0.2) is 30.5 Å². The minimum Gasteiger partial charge on any atom is -0.369 e. The van der Waals surface area contributed by atoms with E-state index in [1.807, 2.05) is 24.3 Å². The molecule has 3 rings (SSSR count). The van der Waals surface area contributed by atoms with Gasteiger partial charge in [0.25, 0.3) is 5.91 Å². The van der Waals surface area contributed by atoms with Crippen molar-refractivity contribution in [3.05, 3.63) is 41.2 Å². The summed E-state index contributed by atoms with van der Waals surface area (Å²) in [6.45, 7) is 4.17. The fraction of sp³-hybridized carbons (Fsp3) is 0.333. The van der Waals surface area contributed by atoms with Crippen LogP contribution < -0.4 is 10.2 Å². The van der Waals surface area contributed by atoms with Gasteiger partial charge in [0.05, 0.1) is 11.2 Å². The van der Waals surface area contributed by atoms with Gasteiger partial charge in [-0.25, -0.2) is 0 Å². The lowest BCUT2D eigenvalue weighted by molar-refractivity contribution is 0.102. The molecule has 0 spiro atoms. The number of likely N-dealkylation sites (N-methyl/N-ethyl adjacent to an activating group) is 1. The highest BCUT2D eigenvalue weighted by molar-refractivity contribution is 6.34. The number of aromatic amines is 1. The summed E-state index contributed by atoms with van der Waals surface area (Å²) in [5.74, 6) is -0.296. The molecule has 0 saturated carbocycles. The second-order valence-corrected chi connectivity index (χ2v) is 5.79. The van der Waals surface area contributed by atoms with Gasteiger partial charge < -0.3 is 15.1 Å². The number of halogens is 1. The first-order chi connectivity index (χ1) is 10.6. The predicted octanol–water partition coefficient (Wildman–Crippen LogP) is 2.07. The topological polar surface area (TPSA) is 64.3 Å². The molecule has 1 saturated heterocycles. The van der Waals surface area contributed by atoms with E-state index in [2.05, 4.69) is 32.4 Å². The molecule has 0 radical (unpaired) electrons. The number of nitrogens with one attached hydrogen (secondary N) is 2. The monoisotopic (exact) mass is 319 g/mol. The van der Waals surface area contributed by atoms with Crippen molar-refractivity contribution in [3.8, 4) is 0 Å². The third-order valence-electron chi connectivity index (χ3n) is 3.81. The smallest absolute Gasteiger partial charge is 0.275 e. The van der Waals surface area contributed by atoms with Crippen molar-refractivity contribution >= 4 is 28.9 Å². The van der Waals surface area contributed by atoms with Crippen LogP contribution in [0.25, 0.3) is 0 Å². The molecule has 1 amide bonds. The first kappa shape index (κ1) is 14.9. The molecule has 0 aliphatic carbocycles. The molecule has 1 aromatic carbocycles. The van der Waals surface area contributed by atoms with Gasteiger partial charge in [0.15, 0.2) is 0 Å². The number of H-pyrrole nitrogens is 1. The van der Waals surface area contributed by atoms with E-state index in [0.717, 1.165) is 31.9 Å². The highest BCUT2D eigenvalue weighted by atomic mass is 35.5. The zero-order valence-electron chi connectivity index (χ0n) is 12.3. The standard InChI is InChI=1S/C15H18ClN5O/c1-20-6-8-21(9-7-20)12-4-2-11(3-5-12)18-15(22)14-13(16)10-17-19-14/h2-5,10H,6-9H2,1H3,(H,17,19)(H,18,22). The first-order valence-electron chi connectivity index (χ1n) is 7.17. The third kappa shape index (κ3) is 3.23. The lowest BCUT2D eigenvalue weighted by Crippen LogP contribution is -2.44. The van der Waals surface area contributed by atoms with E-state index >= 15 is 0 Å².